The van der Waals surface area contributed by atoms with Crippen LogP contribution in [0.25, 0.3) is 0 Å². The van der Waals surface area contributed by atoms with E-state index >= 15 is 0 Å². The molecule has 4 rings (SSSR count). The first-order valence-corrected chi connectivity index (χ1v) is 5.87. The topological polar surface area (TPSA) is 76.0 Å². The molecule has 94 valence electrons. The molecule has 17 heavy (non-hydrogen) atoms. The summed E-state index contributed by atoms with van der Waals surface area (Å²) in [6.07, 6.45) is 2.44. The zero-order chi connectivity index (χ0) is 12.4. The molecule has 1 aliphatic carbocycles. The molecular formula is C12H16O5. The number of carbonyl (C=O) groups excluding carboxylic acids is 1. The Balaban J connectivity index is 2.07. The second-order valence-corrected chi connectivity index (χ2v) is 5.19. The Morgan fingerprint density at radius 1 is 1.53 bits per heavy atom. The molecule has 3 heterocycles. The van der Waals surface area contributed by atoms with Crippen molar-refractivity contribution in [1.82, 2.24) is 0 Å². The van der Waals surface area contributed by atoms with E-state index < -0.39 is 23.6 Å². The second-order valence-electron chi connectivity index (χ2n) is 5.19. The van der Waals surface area contributed by atoms with Crippen LogP contribution in [-0.4, -0.2) is 39.8 Å². The van der Waals surface area contributed by atoms with Crippen LogP contribution in [0.1, 0.15) is 20.3 Å². The van der Waals surface area contributed by atoms with E-state index in [9.17, 15) is 15.0 Å². The lowest BCUT2D eigenvalue weighted by Gasteiger charge is -2.61. The highest BCUT2D eigenvalue weighted by Gasteiger charge is 2.70. The second kappa shape index (κ2) is 3.17. The van der Waals surface area contributed by atoms with Gasteiger partial charge >= 0.3 is 0 Å². The van der Waals surface area contributed by atoms with Gasteiger partial charge in [0.15, 0.2) is 11.6 Å². The fraction of sp³-hybridized carbons (Fsp3) is 0.750. The van der Waals surface area contributed by atoms with Crippen molar-refractivity contribution in [3.05, 3.63) is 12.2 Å². The minimum atomic E-state index is -1.64. The molecule has 0 aromatic carbocycles. The lowest BCUT2D eigenvalue weighted by Crippen LogP contribution is -2.76. The number of aliphatic hydroxyl groups excluding tert-OH is 1. The molecule has 1 saturated carbocycles. The minimum absolute atomic E-state index is 0.181. The molecular weight excluding hydrogens is 224 g/mol. The van der Waals surface area contributed by atoms with Gasteiger partial charge in [0.2, 0.25) is 5.79 Å². The number of aliphatic hydroxyl groups is 2. The quantitative estimate of drug-likeness (QED) is 0.629. The molecule has 0 aromatic heterocycles. The maximum absolute atomic E-state index is 12.2. The highest BCUT2D eigenvalue weighted by Crippen LogP contribution is 2.54. The summed E-state index contributed by atoms with van der Waals surface area (Å²) in [5.74, 6) is -4.15. The molecule has 3 saturated heterocycles. The van der Waals surface area contributed by atoms with Crippen LogP contribution in [0.4, 0.5) is 0 Å². The molecule has 2 N–H and O–H groups in total. The van der Waals surface area contributed by atoms with Crippen LogP contribution in [0.2, 0.25) is 0 Å². The average Bonchev–Trinajstić information content (AvgIpc) is 2.23. The third kappa shape index (κ3) is 1.25. The van der Waals surface area contributed by atoms with Gasteiger partial charge in [-0.15, -0.1) is 0 Å². The summed E-state index contributed by atoms with van der Waals surface area (Å²) in [5, 5.41) is 20.3. The summed E-state index contributed by atoms with van der Waals surface area (Å²) >= 11 is 0. The number of ketones is 1. The fourth-order valence-electron chi connectivity index (χ4n) is 3.34. The van der Waals surface area contributed by atoms with Crippen molar-refractivity contribution in [2.75, 3.05) is 0 Å². The predicted molar refractivity (Wildman–Crippen MR) is 56.7 cm³/mol. The Labute approximate surface area is 99.0 Å². The normalized spacial score (nSPS) is 57.1. The van der Waals surface area contributed by atoms with Crippen LogP contribution < -0.4 is 0 Å². The van der Waals surface area contributed by atoms with Crippen LogP contribution in [0, 0.1) is 11.8 Å². The molecule has 4 fully saturated rings. The van der Waals surface area contributed by atoms with Crippen molar-refractivity contribution in [3.63, 3.8) is 0 Å². The summed E-state index contributed by atoms with van der Waals surface area (Å²) in [4.78, 5) is 12.2. The summed E-state index contributed by atoms with van der Waals surface area (Å²) in [7, 11) is 0. The highest BCUT2D eigenvalue weighted by molar-refractivity contribution is 5.90. The molecule has 4 bridgehead atoms. The van der Waals surface area contributed by atoms with Crippen molar-refractivity contribution in [3.8, 4) is 0 Å². The van der Waals surface area contributed by atoms with Crippen molar-refractivity contribution in [1.29, 1.82) is 0 Å². The fourth-order valence-corrected chi connectivity index (χ4v) is 3.34. The predicted octanol–water partition coefficient (Wildman–Crippen LogP) is -0.0376. The van der Waals surface area contributed by atoms with E-state index in [0.717, 1.165) is 0 Å². The van der Waals surface area contributed by atoms with Gasteiger partial charge < -0.3 is 19.7 Å². The van der Waals surface area contributed by atoms with Gasteiger partial charge in [-0.1, -0.05) is 12.2 Å². The van der Waals surface area contributed by atoms with Gasteiger partial charge in [0, 0.05) is 12.3 Å². The zero-order valence-corrected chi connectivity index (χ0v) is 9.79. The van der Waals surface area contributed by atoms with E-state index in [2.05, 4.69) is 0 Å². The summed E-state index contributed by atoms with van der Waals surface area (Å²) in [5.41, 5.74) is 0. The molecule has 6 unspecified atom stereocenters. The summed E-state index contributed by atoms with van der Waals surface area (Å²) in [6, 6.07) is 0. The molecule has 0 spiro atoms. The number of hydrogen-bond donors (Lipinski definition) is 2. The number of hydrogen-bond acceptors (Lipinski definition) is 5. The molecule has 5 heteroatoms. The number of carbonyl (C=O) groups is 1. The van der Waals surface area contributed by atoms with Gasteiger partial charge in [-0.25, -0.2) is 0 Å². The van der Waals surface area contributed by atoms with Crippen LogP contribution in [0.15, 0.2) is 12.2 Å². The van der Waals surface area contributed by atoms with Crippen LogP contribution >= 0.6 is 0 Å². The SMILES string of the molecule is CC=CC1C2CC3(O)OC(C)(O2)C(=O)C1C3O. The molecule has 0 radical (unpaired) electrons. The Morgan fingerprint density at radius 2 is 2.24 bits per heavy atom. The largest absolute Gasteiger partial charge is 0.387 e. The number of ether oxygens (including phenoxy) is 2. The average molecular weight is 240 g/mol. The Kier molecular flexibility index (Phi) is 2.12. The molecule has 5 nitrogen and oxygen atoms in total. The monoisotopic (exact) mass is 240 g/mol. The lowest BCUT2D eigenvalue weighted by atomic mass is 9.64. The first kappa shape index (κ1) is 11.3. The molecule has 4 aliphatic rings. The van der Waals surface area contributed by atoms with Crippen molar-refractivity contribution in [2.24, 2.45) is 11.8 Å². The highest BCUT2D eigenvalue weighted by atomic mass is 16.8. The van der Waals surface area contributed by atoms with Crippen molar-refractivity contribution < 1.29 is 24.5 Å². The summed E-state index contributed by atoms with van der Waals surface area (Å²) < 4.78 is 10.9. The van der Waals surface area contributed by atoms with E-state index in [1.165, 1.54) is 6.92 Å². The molecule has 6 atom stereocenters. The van der Waals surface area contributed by atoms with Gasteiger partial charge in [-0.3, -0.25) is 4.79 Å². The number of Topliss-reactive ketones (excluding diaryl/α,β-unsaturated/α-hetero) is 1. The van der Waals surface area contributed by atoms with E-state index in [1.807, 2.05) is 19.1 Å². The molecule has 3 aliphatic heterocycles. The zero-order valence-electron chi connectivity index (χ0n) is 9.79. The first-order chi connectivity index (χ1) is 7.91. The minimum Gasteiger partial charge on any atom is -0.387 e. The number of allylic oxidation sites excluding steroid dienone is 1. The van der Waals surface area contributed by atoms with Gasteiger partial charge in [0.1, 0.15) is 6.10 Å². The van der Waals surface area contributed by atoms with Gasteiger partial charge in [-0.2, -0.15) is 0 Å². The maximum atomic E-state index is 12.2. The lowest BCUT2D eigenvalue weighted by molar-refractivity contribution is -0.445. The third-order valence-electron chi connectivity index (χ3n) is 4.05. The van der Waals surface area contributed by atoms with Crippen LogP contribution in [0.5, 0.6) is 0 Å². The maximum Gasteiger partial charge on any atom is 0.229 e. The Morgan fingerprint density at radius 3 is 2.88 bits per heavy atom. The summed E-state index contributed by atoms with van der Waals surface area (Å²) in [6.45, 7) is 3.37. The van der Waals surface area contributed by atoms with E-state index in [0.29, 0.717) is 0 Å². The molecule has 0 amide bonds. The van der Waals surface area contributed by atoms with Gasteiger partial charge in [0.05, 0.1) is 12.0 Å². The third-order valence-corrected chi connectivity index (χ3v) is 4.05. The van der Waals surface area contributed by atoms with E-state index in [4.69, 9.17) is 9.47 Å². The van der Waals surface area contributed by atoms with Gasteiger partial charge in [0.25, 0.3) is 0 Å². The smallest absolute Gasteiger partial charge is 0.229 e. The van der Waals surface area contributed by atoms with Crippen molar-refractivity contribution in [2.45, 2.75) is 44.1 Å². The van der Waals surface area contributed by atoms with Crippen LogP contribution in [0.3, 0.4) is 0 Å². The van der Waals surface area contributed by atoms with Crippen molar-refractivity contribution >= 4 is 5.78 Å². The van der Waals surface area contributed by atoms with Crippen LogP contribution in [-0.2, 0) is 14.3 Å². The number of rotatable bonds is 1. The Hall–Kier alpha value is -0.750. The standard InChI is InChI=1S/C12H16O5/c1-3-4-6-7-5-12(15)10(14)8(6)9(13)11(2,16-7)17-12/h3-4,6-8,10,14-15H,5H2,1-2H3. The Bertz CT molecular complexity index is 406. The molecule has 0 aromatic rings. The van der Waals surface area contributed by atoms with Gasteiger partial charge in [-0.05, 0) is 13.8 Å². The van der Waals surface area contributed by atoms with E-state index in [1.54, 1.807) is 0 Å². The van der Waals surface area contributed by atoms with E-state index in [-0.39, 0.29) is 24.2 Å². The first-order valence-electron chi connectivity index (χ1n) is 5.87.